The number of rotatable bonds is 4. The maximum Gasteiger partial charge on any atom is 0.0561 e. The van der Waals surface area contributed by atoms with Gasteiger partial charge in [-0.25, -0.2) is 0 Å². The minimum absolute atomic E-state index is 1.16. The standard InChI is InChI=1S/C50H31NS/c1-3-11-32(12-4-1)39-23-25-42-45(30-39)51(41-17-5-2-6-18-41)46-31-43(40-22-20-34-14-8-10-16-36(34)28-40)48-44-29-38(24-26-47(44)52-50(48)49(42)46)37-21-19-33-13-7-9-15-35(33)27-37/h1-31H. The molecule has 0 fully saturated rings. The molecule has 0 atom stereocenters. The number of fused-ring (bicyclic) bond motifs is 9. The largest absolute Gasteiger partial charge is 0.309 e. The molecule has 0 unspecified atom stereocenters. The fraction of sp³-hybridized carbons (Fsp3) is 0. The second-order valence-electron chi connectivity index (χ2n) is 13.7. The zero-order chi connectivity index (χ0) is 34.2. The summed E-state index contributed by atoms with van der Waals surface area (Å²) in [5, 5.41) is 10.2. The molecule has 0 bridgehead atoms. The molecule has 0 spiro atoms. The normalized spacial score (nSPS) is 11.8. The topological polar surface area (TPSA) is 4.93 Å². The number of hydrogen-bond acceptors (Lipinski definition) is 1. The molecule has 0 saturated heterocycles. The van der Waals surface area contributed by atoms with Crippen molar-refractivity contribution in [2.75, 3.05) is 0 Å². The summed E-state index contributed by atoms with van der Waals surface area (Å²) < 4.78 is 5.11. The van der Waals surface area contributed by atoms with Crippen molar-refractivity contribution in [3.8, 4) is 39.1 Å². The van der Waals surface area contributed by atoms with Crippen LogP contribution in [0.5, 0.6) is 0 Å². The lowest BCUT2D eigenvalue weighted by molar-refractivity contribution is 1.18. The van der Waals surface area contributed by atoms with Gasteiger partial charge in [-0.2, -0.15) is 0 Å². The summed E-state index contributed by atoms with van der Waals surface area (Å²) in [6.45, 7) is 0. The Labute approximate surface area is 305 Å². The quantitative estimate of drug-likeness (QED) is 0.175. The molecular weight excluding hydrogens is 647 g/mol. The molecule has 52 heavy (non-hydrogen) atoms. The van der Waals surface area contributed by atoms with Crippen LogP contribution in [0.3, 0.4) is 0 Å². The van der Waals surface area contributed by atoms with Gasteiger partial charge in [-0.1, -0.05) is 140 Å². The summed E-state index contributed by atoms with van der Waals surface area (Å²) in [7, 11) is 0. The first-order valence-corrected chi connectivity index (χ1v) is 18.7. The molecule has 242 valence electrons. The summed E-state index contributed by atoms with van der Waals surface area (Å²) in [5.74, 6) is 0. The summed E-state index contributed by atoms with van der Waals surface area (Å²) in [6.07, 6.45) is 0. The van der Waals surface area contributed by atoms with Gasteiger partial charge in [-0.3, -0.25) is 0 Å². The summed E-state index contributed by atoms with van der Waals surface area (Å²) in [4.78, 5) is 0. The van der Waals surface area contributed by atoms with Gasteiger partial charge in [-0.05, 0) is 103 Å². The Bertz CT molecular complexity index is 3170. The van der Waals surface area contributed by atoms with Crippen LogP contribution in [-0.4, -0.2) is 4.57 Å². The fourth-order valence-electron chi connectivity index (χ4n) is 8.23. The molecule has 0 aliphatic rings. The minimum Gasteiger partial charge on any atom is -0.309 e. The third-order valence-corrected chi connectivity index (χ3v) is 11.9. The highest BCUT2D eigenvalue weighted by Crippen LogP contribution is 2.49. The molecular formula is C50H31NS. The Balaban J connectivity index is 1.27. The van der Waals surface area contributed by atoms with Crippen molar-refractivity contribution >= 4 is 74.9 Å². The van der Waals surface area contributed by atoms with Crippen molar-refractivity contribution in [3.63, 3.8) is 0 Å². The molecule has 2 heteroatoms. The first kappa shape index (κ1) is 29.3. The van der Waals surface area contributed by atoms with Crippen molar-refractivity contribution in [1.82, 2.24) is 4.57 Å². The van der Waals surface area contributed by atoms with Crippen LogP contribution in [0.4, 0.5) is 0 Å². The van der Waals surface area contributed by atoms with E-state index in [1.807, 2.05) is 11.3 Å². The Hall–Kier alpha value is -6.48. The summed E-state index contributed by atoms with van der Waals surface area (Å²) in [6, 6.07) is 69.2. The Kier molecular flexibility index (Phi) is 6.49. The lowest BCUT2D eigenvalue weighted by Gasteiger charge is -2.12. The number of thiophene rings is 1. The van der Waals surface area contributed by atoms with Crippen molar-refractivity contribution in [3.05, 3.63) is 188 Å². The van der Waals surface area contributed by atoms with E-state index in [2.05, 4.69) is 193 Å². The van der Waals surface area contributed by atoms with E-state index in [1.165, 1.54) is 96.9 Å². The monoisotopic (exact) mass is 677 g/mol. The van der Waals surface area contributed by atoms with Gasteiger partial charge in [0, 0.05) is 36.6 Å². The Morgan fingerprint density at radius 1 is 0.346 bits per heavy atom. The molecule has 2 aromatic heterocycles. The van der Waals surface area contributed by atoms with Crippen LogP contribution >= 0.6 is 11.3 Å². The minimum atomic E-state index is 1.16. The van der Waals surface area contributed by atoms with Crippen LogP contribution in [0, 0.1) is 0 Å². The second kappa shape index (κ2) is 11.5. The van der Waals surface area contributed by atoms with Gasteiger partial charge in [0.25, 0.3) is 0 Å². The van der Waals surface area contributed by atoms with Gasteiger partial charge in [-0.15, -0.1) is 11.3 Å². The average molecular weight is 678 g/mol. The van der Waals surface area contributed by atoms with E-state index in [0.717, 1.165) is 5.69 Å². The van der Waals surface area contributed by atoms with Crippen LogP contribution in [0.15, 0.2) is 188 Å². The predicted molar refractivity (Wildman–Crippen MR) is 225 cm³/mol. The van der Waals surface area contributed by atoms with E-state index in [9.17, 15) is 0 Å². The van der Waals surface area contributed by atoms with Crippen LogP contribution in [-0.2, 0) is 0 Å². The van der Waals surface area contributed by atoms with Gasteiger partial charge >= 0.3 is 0 Å². The molecule has 0 N–H and O–H groups in total. The van der Waals surface area contributed by atoms with Gasteiger partial charge in [0.05, 0.1) is 11.0 Å². The van der Waals surface area contributed by atoms with Gasteiger partial charge in [0.1, 0.15) is 0 Å². The van der Waals surface area contributed by atoms with Crippen LogP contribution in [0.2, 0.25) is 0 Å². The Morgan fingerprint density at radius 3 is 1.67 bits per heavy atom. The SMILES string of the molecule is c1ccc(-c2ccc3c4c5sc6ccc(-c7ccc8ccccc8c7)cc6c5c(-c5ccc6ccccc6c5)cc4n(-c4ccccc4)c3c2)cc1. The summed E-state index contributed by atoms with van der Waals surface area (Å²) in [5.41, 5.74) is 11.0. The fourth-order valence-corrected chi connectivity index (χ4v) is 9.50. The van der Waals surface area contributed by atoms with Crippen molar-refractivity contribution in [2.24, 2.45) is 0 Å². The average Bonchev–Trinajstić information content (AvgIpc) is 3.76. The molecule has 11 rings (SSSR count). The molecule has 0 aliphatic carbocycles. The first-order valence-electron chi connectivity index (χ1n) is 17.8. The Morgan fingerprint density at radius 2 is 0.923 bits per heavy atom. The maximum atomic E-state index is 2.48. The molecule has 11 aromatic rings. The lowest BCUT2D eigenvalue weighted by Crippen LogP contribution is -1.94. The molecule has 0 amide bonds. The highest BCUT2D eigenvalue weighted by molar-refractivity contribution is 7.27. The van der Waals surface area contributed by atoms with Gasteiger partial charge in [0.15, 0.2) is 0 Å². The van der Waals surface area contributed by atoms with Crippen molar-refractivity contribution in [1.29, 1.82) is 0 Å². The number of para-hydroxylation sites is 1. The molecule has 1 nitrogen and oxygen atoms in total. The highest BCUT2D eigenvalue weighted by Gasteiger charge is 2.22. The first-order chi connectivity index (χ1) is 25.8. The third kappa shape index (κ3) is 4.55. The van der Waals surface area contributed by atoms with E-state index in [1.54, 1.807) is 0 Å². The van der Waals surface area contributed by atoms with E-state index < -0.39 is 0 Å². The molecule has 0 radical (unpaired) electrons. The van der Waals surface area contributed by atoms with Crippen molar-refractivity contribution in [2.45, 2.75) is 0 Å². The lowest BCUT2D eigenvalue weighted by atomic mass is 9.94. The number of hydrogen-bond donors (Lipinski definition) is 0. The predicted octanol–water partition coefficient (Wildman–Crippen LogP) is 14.5. The number of aromatic nitrogens is 1. The molecule has 9 aromatic carbocycles. The second-order valence-corrected chi connectivity index (χ2v) is 14.8. The maximum absolute atomic E-state index is 2.48. The number of nitrogens with zero attached hydrogens (tertiary/aromatic N) is 1. The van der Waals surface area contributed by atoms with E-state index in [4.69, 9.17) is 0 Å². The number of benzene rings is 9. The zero-order valence-corrected chi connectivity index (χ0v) is 29.1. The van der Waals surface area contributed by atoms with E-state index in [0.29, 0.717) is 0 Å². The van der Waals surface area contributed by atoms with Gasteiger partial charge in [0.2, 0.25) is 0 Å². The third-order valence-electron chi connectivity index (χ3n) is 10.7. The zero-order valence-electron chi connectivity index (χ0n) is 28.3. The molecule has 0 aliphatic heterocycles. The van der Waals surface area contributed by atoms with E-state index >= 15 is 0 Å². The summed E-state index contributed by atoms with van der Waals surface area (Å²) >= 11 is 1.92. The van der Waals surface area contributed by atoms with Crippen molar-refractivity contribution < 1.29 is 0 Å². The molecule has 2 heterocycles. The molecule has 0 saturated carbocycles. The van der Waals surface area contributed by atoms with E-state index in [-0.39, 0.29) is 0 Å². The van der Waals surface area contributed by atoms with Crippen LogP contribution in [0.1, 0.15) is 0 Å². The van der Waals surface area contributed by atoms with Crippen LogP contribution < -0.4 is 0 Å². The highest BCUT2D eigenvalue weighted by atomic mass is 32.1. The van der Waals surface area contributed by atoms with Gasteiger partial charge < -0.3 is 4.57 Å². The smallest absolute Gasteiger partial charge is 0.0561 e. The van der Waals surface area contributed by atoms with Crippen LogP contribution in [0.25, 0.3) is 103 Å².